The summed E-state index contributed by atoms with van der Waals surface area (Å²) in [5.41, 5.74) is 1.33. The maximum absolute atomic E-state index is 13.5. The van der Waals surface area contributed by atoms with Gasteiger partial charge in [-0.1, -0.05) is 0 Å². The fourth-order valence-electron chi connectivity index (χ4n) is 2.65. The van der Waals surface area contributed by atoms with Crippen molar-refractivity contribution in [1.82, 2.24) is 15.5 Å². The molecule has 19 heavy (non-hydrogen) atoms. The molecule has 1 aromatic carbocycles. The minimum absolute atomic E-state index is 0.129. The summed E-state index contributed by atoms with van der Waals surface area (Å²) in [6.07, 6.45) is 4.38. The van der Waals surface area contributed by atoms with Crippen LogP contribution in [0.5, 0.6) is 0 Å². The summed E-state index contributed by atoms with van der Waals surface area (Å²) in [6.45, 7) is 2.59. The number of aromatic nitrogens is 2. The largest absolute Gasteiger partial charge is 0.387 e. The van der Waals surface area contributed by atoms with E-state index in [0.717, 1.165) is 18.2 Å². The van der Waals surface area contributed by atoms with Crippen molar-refractivity contribution in [1.29, 1.82) is 0 Å². The molecule has 3 rings (SSSR count). The van der Waals surface area contributed by atoms with Crippen LogP contribution in [0.4, 0.5) is 4.39 Å². The lowest BCUT2D eigenvalue weighted by Gasteiger charge is -2.40. The van der Waals surface area contributed by atoms with Crippen molar-refractivity contribution in [2.75, 3.05) is 6.54 Å². The van der Waals surface area contributed by atoms with E-state index in [1.807, 2.05) is 0 Å². The van der Waals surface area contributed by atoms with Crippen molar-refractivity contribution < 1.29 is 9.50 Å². The number of aromatic amines is 1. The first kappa shape index (κ1) is 12.6. The maximum Gasteiger partial charge on any atom is 0.125 e. The van der Waals surface area contributed by atoms with Crippen LogP contribution in [-0.2, 0) is 0 Å². The molecule has 1 atom stereocenters. The number of nitrogens with one attached hydrogen (secondary N) is 2. The number of β-amino-alcohol motifs (C(OH)–C–C–N with tert-alkyl or cyclic N) is 1. The summed E-state index contributed by atoms with van der Waals surface area (Å²) in [5.74, 6) is -0.361. The topological polar surface area (TPSA) is 60.9 Å². The predicted octanol–water partition coefficient (Wildman–Crippen LogP) is 2.27. The van der Waals surface area contributed by atoms with Crippen LogP contribution in [0.3, 0.4) is 0 Å². The van der Waals surface area contributed by atoms with Crippen LogP contribution in [0.25, 0.3) is 10.9 Å². The number of H-pyrrole nitrogens is 1. The zero-order valence-corrected chi connectivity index (χ0v) is 10.9. The molecule has 1 aromatic heterocycles. The number of fused-ring (bicyclic) bond motifs is 1. The molecule has 0 bridgehead atoms. The fourth-order valence-corrected chi connectivity index (χ4v) is 2.65. The summed E-state index contributed by atoms with van der Waals surface area (Å²) in [5, 5.41) is 21.0. The molecule has 102 valence electrons. The minimum Gasteiger partial charge on any atom is -0.387 e. The molecule has 0 aliphatic heterocycles. The standard InChI is InChI=1S/C14H18FN3O/c1-14(3-2-4-14)16-8-13(19)10-5-9(15)6-12-11(10)7-17-18-12/h5-7,13,16,19H,2-4,8H2,1H3,(H,17,18)/t13-/m0/s1. The van der Waals surface area contributed by atoms with Gasteiger partial charge in [-0.25, -0.2) is 4.39 Å². The van der Waals surface area contributed by atoms with Crippen molar-refractivity contribution >= 4 is 10.9 Å². The quantitative estimate of drug-likeness (QED) is 0.793. The highest BCUT2D eigenvalue weighted by atomic mass is 19.1. The molecule has 3 N–H and O–H groups in total. The van der Waals surface area contributed by atoms with Gasteiger partial charge in [0, 0.05) is 17.5 Å². The summed E-state index contributed by atoms with van der Waals surface area (Å²) in [7, 11) is 0. The van der Waals surface area contributed by atoms with Crippen LogP contribution in [0.2, 0.25) is 0 Å². The Kier molecular flexibility index (Phi) is 3.03. The Bertz CT molecular complexity index is 591. The van der Waals surface area contributed by atoms with E-state index < -0.39 is 6.10 Å². The van der Waals surface area contributed by atoms with Gasteiger partial charge in [0.05, 0.1) is 17.8 Å². The molecule has 0 spiro atoms. The van der Waals surface area contributed by atoms with E-state index in [2.05, 4.69) is 22.4 Å². The number of halogens is 1. The Morgan fingerprint density at radius 1 is 1.53 bits per heavy atom. The lowest BCUT2D eigenvalue weighted by atomic mass is 9.78. The summed E-state index contributed by atoms with van der Waals surface area (Å²) < 4.78 is 13.5. The second-order valence-corrected chi connectivity index (χ2v) is 5.64. The molecule has 5 heteroatoms. The molecule has 0 unspecified atom stereocenters. The summed E-state index contributed by atoms with van der Waals surface area (Å²) in [4.78, 5) is 0. The zero-order chi connectivity index (χ0) is 13.5. The van der Waals surface area contributed by atoms with Crippen LogP contribution in [0, 0.1) is 5.82 Å². The van der Waals surface area contributed by atoms with E-state index in [1.165, 1.54) is 18.6 Å². The second-order valence-electron chi connectivity index (χ2n) is 5.64. The predicted molar refractivity (Wildman–Crippen MR) is 71.3 cm³/mol. The lowest BCUT2D eigenvalue weighted by molar-refractivity contribution is 0.133. The maximum atomic E-state index is 13.5. The van der Waals surface area contributed by atoms with E-state index in [-0.39, 0.29) is 11.4 Å². The highest BCUT2D eigenvalue weighted by Crippen LogP contribution is 2.32. The van der Waals surface area contributed by atoms with Crippen molar-refractivity contribution in [2.45, 2.75) is 37.8 Å². The van der Waals surface area contributed by atoms with E-state index in [1.54, 1.807) is 6.20 Å². The average molecular weight is 263 g/mol. The molecule has 0 radical (unpaired) electrons. The van der Waals surface area contributed by atoms with Gasteiger partial charge in [-0.15, -0.1) is 0 Å². The molecule has 1 heterocycles. The number of benzene rings is 1. The Morgan fingerprint density at radius 3 is 3.00 bits per heavy atom. The highest BCUT2D eigenvalue weighted by molar-refractivity contribution is 5.82. The molecule has 0 saturated heterocycles. The first-order valence-corrected chi connectivity index (χ1v) is 6.63. The Balaban J connectivity index is 1.80. The van der Waals surface area contributed by atoms with Crippen LogP contribution in [-0.4, -0.2) is 27.4 Å². The first-order valence-electron chi connectivity index (χ1n) is 6.63. The molecule has 1 fully saturated rings. The molecular weight excluding hydrogens is 245 g/mol. The van der Waals surface area contributed by atoms with E-state index >= 15 is 0 Å². The van der Waals surface area contributed by atoms with Gasteiger partial charge in [0.1, 0.15) is 5.82 Å². The molecule has 2 aromatic rings. The number of hydrogen-bond donors (Lipinski definition) is 3. The van der Waals surface area contributed by atoms with Gasteiger partial charge in [0.15, 0.2) is 0 Å². The molecular formula is C14H18FN3O. The van der Waals surface area contributed by atoms with Crippen LogP contribution >= 0.6 is 0 Å². The molecule has 0 amide bonds. The van der Waals surface area contributed by atoms with Gasteiger partial charge in [-0.3, -0.25) is 5.10 Å². The number of aliphatic hydroxyl groups is 1. The van der Waals surface area contributed by atoms with Crippen LogP contribution < -0.4 is 5.32 Å². The third-order valence-corrected chi connectivity index (χ3v) is 4.09. The highest BCUT2D eigenvalue weighted by Gasteiger charge is 2.31. The van der Waals surface area contributed by atoms with E-state index in [9.17, 15) is 9.50 Å². The lowest BCUT2D eigenvalue weighted by Crippen LogP contribution is -2.49. The van der Waals surface area contributed by atoms with Gasteiger partial charge in [0.2, 0.25) is 0 Å². The van der Waals surface area contributed by atoms with Gasteiger partial charge in [0.25, 0.3) is 0 Å². The normalized spacial score (nSPS) is 19.3. The Labute approximate surface area is 111 Å². The van der Waals surface area contributed by atoms with Crippen LogP contribution in [0.15, 0.2) is 18.3 Å². The number of nitrogens with zero attached hydrogens (tertiary/aromatic N) is 1. The molecule has 1 aliphatic rings. The third kappa shape index (κ3) is 2.35. The van der Waals surface area contributed by atoms with Crippen molar-refractivity contribution in [3.63, 3.8) is 0 Å². The Hall–Kier alpha value is -1.46. The van der Waals surface area contributed by atoms with Crippen molar-refractivity contribution in [2.24, 2.45) is 0 Å². The number of hydrogen-bond acceptors (Lipinski definition) is 3. The summed E-state index contributed by atoms with van der Waals surface area (Å²) in [6, 6.07) is 2.77. The van der Waals surface area contributed by atoms with E-state index in [4.69, 9.17) is 0 Å². The fraction of sp³-hybridized carbons (Fsp3) is 0.500. The number of aliphatic hydroxyl groups excluding tert-OH is 1. The van der Waals surface area contributed by atoms with Gasteiger partial charge < -0.3 is 10.4 Å². The monoisotopic (exact) mass is 263 g/mol. The SMILES string of the molecule is CC1(NC[C@H](O)c2cc(F)cc3[nH]ncc23)CCC1. The van der Waals surface area contributed by atoms with Crippen LogP contribution in [0.1, 0.15) is 37.9 Å². The molecule has 1 saturated carbocycles. The van der Waals surface area contributed by atoms with Crippen molar-refractivity contribution in [3.05, 3.63) is 29.7 Å². The smallest absolute Gasteiger partial charge is 0.125 e. The van der Waals surface area contributed by atoms with Gasteiger partial charge in [-0.2, -0.15) is 5.10 Å². The zero-order valence-electron chi connectivity index (χ0n) is 10.9. The second kappa shape index (κ2) is 4.58. The van der Waals surface area contributed by atoms with Gasteiger partial charge in [-0.05, 0) is 43.9 Å². The molecule has 1 aliphatic carbocycles. The average Bonchev–Trinajstić information content (AvgIpc) is 2.80. The van der Waals surface area contributed by atoms with Crippen molar-refractivity contribution in [3.8, 4) is 0 Å². The van der Waals surface area contributed by atoms with E-state index in [0.29, 0.717) is 17.6 Å². The first-order chi connectivity index (χ1) is 9.07. The van der Waals surface area contributed by atoms with Gasteiger partial charge >= 0.3 is 0 Å². The summed E-state index contributed by atoms with van der Waals surface area (Å²) >= 11 is 0. The minimum atomic E-state index is -0.728. The third-order valence-electron chi connectivity index (χ3n) is 4.09. The molecule has 4 nitrogen and oxygen atoms in total. The Morgan fingerprint density at radius 2 is 2.32 bits per heavy atom. The number of rotatable bonds is 4.